The maximum absolute atomic E-state index is 12.7. The van der Waals surface area contributed by atoms with Crippen molar-refractivity contribution >= 4 is 11.9 Å². The van der Waals surface area contributed by atoms with Gasteiger partial charge in [0, 0.05) is 13.1 Å². The molecule has 1 aliphatic rings. The molecular weight excluding hydrogens is 330 g/mol. The standard InChI is InChI=1S/C21H23NO4/c1-14-8-9-19(25-3)18(12-14)21(24)26-15(2)20(23)22-11-10-16-6-4-5-7-17(16)13-22/h4-9,12,15H,10-11,13H2,1-3H3/t15-/m0/s1. The number of hydrogen-bond acceptors (Lipinski definition) is 4. The molecule has 5 nitrogen and oxygen atoms in total. The number of carbonyl (C=O) groups is 2. The molecule has 2 aromatic carbocycles. The van der Waals surface area contributed by atoms with Gasteiger partial charge in [0.25, 0.3) is 5.91 Å². The molecule has 5 heteroatoms. The van der Waals surface area contributed by atoms with Gasteiger partial charge in [0.15, 0.2) is 6.10 Å². The molecule has 26 heavy (non-hydrogen) atoms. The number of esters is 1. The van der Waals surface area contributed by atoms with Gasteiger partial charge in [-0.15, -0.1) is 0 Å². The number of carbonyl (C=O) groups excluding carboxylic acids is 2. The van der Waals surface area contributed by atoms with Gasteiger partial charge in [-0.2, -0.15) is 0 Å². The Balaban J connectivity index is 1.68. The van der Waals surface area contributed by atoms with E-state index in [9.17, 15) is 9.59 Å². The number of nitrogens with zero attached hydrogens (tertiary/aromatic N) is 1. The van der Waals surface area contributed by atoms with Crippen LogP contribution in [0.1, 0.15) is 34.0 Å². The summed E-state index contributed by atoms with van der Waals surface area (Å²) in [7, 11) is 1.50. The van der Waals surface area contributed by atoms with E-state index in [1.165, 1.54) is 12.7 Å². The Morgan fingerprint density at radius 2 is 1.85 bits per heavy atom. The highest BCUT2D eigenvalue weighted by molar-refractivity contribution is 5.94. The molecule has 0 N–H and O–H groups in total. The number of rotatable bonds is 4. The summed E-state index contributed by atoms with van der Waals surface area (Å²) >= 11 is 0. The Morgan fingerprint density at radius 3 is 2.58 bits per heavy atom. The molecule has 0 aromatic heterocycles. The maximum atomic E-state index is 12.7. The first-order valence-electron chi connectivity index (χ1n) is 8.71. The fraction of sp³-hybridized carbons (Fsp3) is 0.333. The second-order valence-electron chi connectivity index (χ2n) is 6.53. The van der Waals surface area contributed by atoms with Crippen molar-refractivity contribution in [1.82, 2.24) is 4.90 Å². The predicted octanol–water partition coefficient (Wildman–Crippen LogP) is 3.13. The summed E-state index contributed by atoms with van der Waals surface area (Å²) in [5.41, 5.74) is 3.66. The molecule has 0 bridgehead atoms. The van der Waals surface area contributed by atoms with E-state index < -0.39 is 12.1 Å². The van der Waals surface area contributed by atoms with Crippen LogP contribution in [0.4, 0.5) is 0 Å². The monoisotopic (exact) mass is 353 g/mol. The lowest BCUT2D eigenvalue weighted by Gasteiger charge is -2.30. The zero-order valence-corrected chi connectivity index (χ0v) is 15.3. The van der Waals surface area contributed by atoms with Crippen molar-refractivity contribution in [2.75, 3.05) is 13.7 Å². The summed E-state index contributed by atoms with van der Waals surface area (Å²) < 4.78 is 10.6. The summed E-state index contributed by atoms with van der Waals surface area (Å²) in [4.78, 5) is 27.0. The van der Waals surface area contributed by atoms with Crippen LogP contribution < -0.4 is 4.74 Å². The molecule has 1 amide bonds. The average Bonchev–Trinajstić information content (AvgIpc) is 2.66. The number of hydrogen-bond donors (Lipinski definition) is 0. The minimum atomic E-state index is -0.849. The Bertz CT molecular complexity index is 831. The molecule has 0 fully saturated rings. The zero-order valence-electron chi connectivity index (χ0n) is 15.3. The molecule has 3 rings (SSSR count). The van der Waals surface area contributed by atoms with Crippen molar-refractivity contribution in [1.29, 1.82) is 0 Å². The van der Waals surface area contributed by atoms with Gasteiger partial charge in [-0.05, 0) is 43.5 Å². The second kappa shape index (κ2) is 7.60. The van der Waals surface area contributed by atoms with Crippen molar-refractivity contribution in [2.24, 2.45) is 0 Å². The minimum absolute atomic E-state index is 0.181. The summed E-state index contributed by atoms with van der Waals surface area (Å²) in [5.74, 6) is -0.296. The number of fused-ring (bicyclic) bond motifs is 1. The van der Waals surface area contributed by atoms with Crippen LogP contribution in [0.25, 0.3) is 0 Å². The summed E-state index contributed by atoms with van der Waals surface area (Å²) in [6.07, 6.45) is -0.0353. The van der Waals surface area contributed by atoms with Gasteiger partial charge in [-0.3, -0.25) is 4.79 Å². The van der Waals surface area contributed by atoms with Gasteiger partial charge in [0.05, 0.1) is 7.11 Å². The summed E-state index contributed by atoms with van der Waals surface area (Å²) in [6, 6.07) is 13.4. The molecule has 1 aliphatic heterocycles. The van der Waals surface area contributed by atoms with Crippen molar-refractivity contribution in [2.45, 2.75) is 32.9 Å². The van der Waals surface area contributed by atoms with E-state index in [0.717, 1.165) is 17.5 Å². The molecule has 0 spiro atoms. The minimum Gasteiger partial charge on any atom is -0.496 e. The van der Waals surface area contributed by atoms with E-state index in [2.05, 4.69) is 6.07 Å². The smallest absolute Gasteiger partial charge is 0.342 e. The Labute approximate surface area is 153 Å². The van der Waals surface area contributed by atoms with Crippen LogP contribution in [0, 0.1) is 6.92 Å². The average molecular weight is 353 g/mol. The van der Waals surface area contributed by atoms with Crippen molar-refractivity contribution in [3.05, 3.63) is 64.7 Å². The number of amides is 1. The second-order valence-corrected chi connectivity index (χ2v) is 6.53. The fourth-order valence-corrected chi connectivity index (χ4v) is 3.20. The van der Waals surface area contributed by atoms with Gasteiger partial charge < -0.3 is 14.4 Å². The van der Waals surface area contributed by atoms with E-state index >= 15 is 0 Å². The lowest BCUT2D eigenvalue weighted by atomic mass is 9.99. The molecule has 2 aromatic rings. The summed E-state index contributed by atoms with van der Waals surface area (Å²) in [6.45, 7) is 4.68. The first-order chi connectivity index (χ1) is 12.5. The number of methoxy groups -OCH3 is 1. The van der Waals surface area contributed by atoms with Crippen LogP contribution >= 0.6 is 0 Å². The fourth-order valence-electron chi connectivity index (χ4n) is 3.20. The number of benzene rings is 2. The molecule has 0 unspecified atom stereocenters. The van der Waals surface area contributed by atoms with Crippen molar-refractivity contribution in [3.63, 3.8) is 0 Å². The predicted molar refractivity (Wildman–Crippen MR) is 98.2 cm³/mol. The highest BCUT2D eigenvalue weighted by Gasteiger charge is 2.28. The quantitative estimate of drug-likeness (QED) is 0.793. The van der Waals surface area contributed by atoms with Crippen LogP contribution in [-0.4, -0.2) is 36.5 Å². The molecule has 1 heterocycles. The van der Waals surface area contributed by atoms with Crippen molar-refractivity contribution < 1.29 is 19.1 Å². The topological polar surface area (TPSA) is 55.8 Å². The third kappa shape index (κ3) is 3.72. The van der Waals surface area contributed by atoms with Crippen LogP contribution in [0.5, 0.6) is 5.75 Å². The van der Waals surface area contributed by atoms with Gasteiger partial charge >= 0.3 is 5.97 Å². The highest BCUT2D eigenvalue weighted by atomic mass is 16.5. The van der Waals surface area contributed by atoms with E-state index in [1.807, 2.05) is 31.2 Å². The van der Waals surface area contributed by atoms with Gasteiger partial charge in [0.1, 0.15) is 11.3 Å². The van der Waals surface area contributed by atoms with Crippen LogP contribution in [-0.2, 0) is 22.5 Å². The largest absolute Gasteiger partial charge is 0.496 e. The lowest BCUT2D eigenvalue weighted by molar-refractivity contribution is -0.140. The molecule has 0 radical (unpaired) electrons. The number of aryl methyl sites for hydroxylation is 1. The molecule has 0 saturated carbocycles. The highest BCUT2D eigenvalue weighted by Crippen LogP contribution is 2.23. The van der Waals surface area contributed by atoms with Crippen LogP contribution in [0.15, 0.2) is 42.5 Å². The zero-order chi connectivity index (χ0) is 18.7. The lowest BCUT2D eigenvalue weighted by Crippen LogP contribution is -2.42. The van der Waals surface area contributed by atoms with E-state index in [0.29, 0.717) is 24.4 Å². The molecule has 136 valence electrons. The Hall–Kier alpha value is -2.82. The van der Waals surface area contributed by atoms with Crippen LogP contribution in [0.3, 0.4) is 0 Å². The normalized spacial score (nSPS) is 14.3. The SMILES string of the molecule is COc1ccc(C)cc1C(=O)O[C@@H](C)C(=O)N1CCc2ccccc2C1. The first kappa shape index (κ1) is 18.0. The Morgan fingerprint density at radius 1 is 1.12 bits per heavy atom. The van der Waals surface area contributed by atoms with E-state index in [4.69, 9.17) is 9.47 Å². The maximum Gasteiger partial charge on any atom is 0.342 e. The molecular formula is C21H23NO4. The molecule has 0 aliphatic carbocycles. The number of ether oxygens (including phenoxy) is 2. The van der Waals surface area contributed by atoms with Gasteiger partial charge in [-0.1, -0.05) is 35.9 Å². The summed E-state index contributed by atoms with van der Waals surface area (Å²) in [5, 5.41) is 0. The van der Waals surface area contributed by atoms with Crippen molar-refractivity contribution in [3.8, 4) is 5.75 Å². The Kier molecular flexibility index (Phi) is 5.26. The van der Waals surface area contributed by atoms with Gasteiger partial charge in [0.2, 0.25) is 0 Å². The van der Waals surface area contributed by atoms with Crippen LogP contribution in [0.2, 0.25) is 0 Å². The third-order valence-corrected chi connectivity index (χ3v) is 4.65. The van der Waals surface area contributed by atoms with E-state index in [-0.39, 0.29) is 5.91 Å². The van der Waals surface area contributed by atoms with Gasteiger partial charge in [-0.25, -0.2) is 4.79 Å². The van der Waals surface area contributed by atoms with E-state index in [1.54, 1.807) is 24.0 Å². The molecule has 0 saturated heterocycles. The third-order valence-electron chi connectivity index (χ3n) is 4.65. The molecule has 1 atom stereocenters. The first-order valence-corrected chi connectivity index (χ1v) is 8.71.